The van der Waals surface area contributed by atoms with E-state index in [4.69, 9.17) is 9.72 Å². The molecule has 1 unspecified atom stereocenters. The number of hydrogen-bond donors (Lipinski definition) is 1. The topological polar surface area (TPSA) is 69.0 Å². The van der Waals surface area contributed by atoms with Crippen molar-refractivity contribution in [2.24, 2.45) is 0 Å². The first-order valence-corrected chi connectivity index (χ1v) is 11.0. The predicted octanol–water partition coefficient (Wildman–Crippen LogP) is 5.09. The number of fused-ring (bicyclic) bond motifs is 1. The standard InChI is InChI=1S/C26H28N4O2/c1-19-9-7-11-22(17-19)32-16-6-5-15-30-24-13-4-3-12-23(24)29-25(30)20(2)28-26(31)21-10-8-14-27-18-21/h3-4,7-14,17-18,20H,5-6,15-16H2,1-2H3,(H,28,31). The van der Waals surface area contributed by atoms with Crippen LogP contribution < -0.4 is 10.1 Å². The van der Waals surface area contributed by atoms with Crippen LogP contribution >= 0.6 is 0 Å². The van der Waals surface area contributed by atoms with Crippen molar-refractivity contribution in [1.82, 2.24) is 19.9 Å². The van der Waals surface area contributed by atoms with Gasteiger partial charge in [0.05, 0.1) is 29.2 Å². The Labute approximate surface area is 188 Å². The van der Waals surface area contributed by atoms with Crippen molar-refractivity contribution in [3.05, 3.63) is 90.0 Å². The number of hydrogen-bond acceptors (Lipinski definition) is 4. The highest BCUT2D eigenvalue weighted by Gasteiger charge is 2.19. The fraction of sp³-hybridized carbons (Fsp3) is 0.269. The van der Waals surface area contributed by atoms with Gasteiger partial charge >= 0.3 is 0 Å². The van der Waals surface area contributed by atoms with Gasteiger partial charge in [-0.3, -0.25) is 9.78 Å². The molecule has 164 valence electrons. The zero-order valence-corrected chi connectivity index (χ0v) is 18.5. The average Bonchev–Trinajstić information content (AvgIpc) is 3.18. The maximum Gasteiger partial charge on any atom is 0.253 e. The van der Waals surface area contributed by atoms with Crippen molar-refractivity contribution < 1.29 is 9.53 Å². The van der Waals surface area contributed by atoms with Crippen LogP contribution in [-0.4, -0.2) is 27.0 Å². The summed E-state index contributed by atoms with van der Waals surface area (Å²) in [6, 6.07) is 19.5. The highest BCUT2D eigenvalue weighted by molar-refractivity contribution is 5.94. The molecule has 2 aromatic carbocycles. The SMILES string of the molecule is Cc1cccc(OCCCCn2c(C(C)NC(=O)c3cccnc3)nc3ccccc32)c1. The van der Waals surface area contributed by atoms with Gasteiger partial charge in [0, 0.05) is 18.9 Å². The maximum atomic E-state index is 12.6. The smallest absolute Gasteiger partial charge is 0.253 e. The van der Waals surface area contributed by atoms with Crippen LogP contribution in [-0.2, 0) is 6.54 Å². The Morgan fingerprint density at radius 1 is 1.09 bits per heavy atom. The molecular formula is C26H28N4O2. The average molecular weight is 429 g/mol. The third-order valence-corrected chi connectivity index (χ3v) is 5.38. The Morgan fingerprint density at radius 2 is 1.97 bits per heavy atom. The van der Waals surface area contributed by atoms with Crippen LogP contribution in [0.3, 0.4) is 0 Å². The Bertz CT molecular complexity index is 1190. The number of rotatable bonds is 9. The van der Waals surface area contributed by atoms with Crippen LogP contribution in [0.5, 0.6) is 5.75 Å². The summed E-state index contributed by atoms with van der Waals surface area (Å²) in [6.07, 6.45) is 5.10. The molecule has 1 amide bonds. The third-order valence-electron chi connectivity index (χ3n) is 5.38. The summed E-state index contributed by atoms with van der Waals surface area (Å²) in [5, 5.41) is 3.06. The fourth-order valence-corrected chi connectivity index (χ4v) is 3.77. The number of pyridine rings is 1. The molecule has 0 saturated carbocycles. The minimum absolute atomic E-state index is 0.157. The second-order valence-corrected chi connectivity index (χ2v) is 7.92. The van der Waals surface area contributed by atoms with Gasteiger partial charge in [0.2, 0.25) is 0 Å². The van der Waals surface area contributed by atoms with Crippen molar-refractivity contribution in [2.45, 2.75) is 39.3 Å². The fourth-order valence-electron chi connectivity index (χ4n) is 3.77. The number of carbonyl (C=O) groups excluding carboxylic acids is 1. The number of aryl methyl sites for hydroxylation is 2. The molecule has 0 spiro atoms. The number of benzene rings is 2. The second kappa shape index (κ2) is 10.1. The lowest BCUT2D eigenvalue weighted by Gasteiger charge is -2.16. The van der Waals surface area contributed by atoms with Gasteiger partial charge in [-0.2, -0.15) is 0 Å². The Balaban J connectivity index is 1.42. The van der Waals surface area contributed by atoms with Gasteiger partial charge in [-0.15, -0.1) is 0 Å². The van der Waals surface area contributed by atoms with Crippen molar-refractivity contribution in [2.75, 3.05) is 6.61 Å². The monoisotopic (exact) mass is 428 g/mol. The molecule has 0 aliphatic heterocycles. The molecule has 2 heterocycles. The number of aromatic nitrogens is 3. The number of carbonyl (C=O) groups is 1. The number of amides is 1. The van der Waals surface area contributed by atoms with Crippen molar-refractivity contribution in [1.29, 1.82) is 0 Å². The molecule has 0 aliphatic rings. The molecule has 1 atom stereocenters. The molecule has 2 aromatic heterocycles. The van der Waals surface area contributed by atoms with E-state index in [0.29, 0.717) is 12.2 Å². The van der Waals surface area contributed by atoms with Crippen LogP contribution in [0.2, 0.25) is 0 Å². The van der Waals surface area contributed by atoms with E-state index in [2.05, 4.69) is 33.9 Å². The van der Waals surface area contributed by atoms with Gasteiger partial charge in [-0.25, -0.2) is 4.98 Å². The van der Waals surface area contributed by atoms with E-state index in [1.165, 1.54) is 5.56 Å². The Kier molecular flexibility index (Phi) is 6.80. The minimum Gasteiger partial charge on any atom is -0.494 e. The summed E-state index contributed by atoms with van der Waals surface area (Å²) in [5.41, 5.74) is 3.74. The van der Waals surface area contributed by atoms with Gasteiger partial charge < -0.3 is 14.6 Å². The first kappa shape index (κ1) is 21.6. The number of imidazole rings is 1. The molecule has 4 rings (SSSR count). The molecule has 1 N–H and O–H groups in total. The van der Waals surface area contributed by atoms with E-state index < -0.39 is 0 Å². The summed E-state index contributed by atoms with van der Waals surface area (Å²) in [6.45, 7) is 5.50. The minimum atomic E-state index is -0.237. The highest BCUT2D eigenvalue weighted by Crippen LogP contribution is 2.22. The van der Waals surface area contributed by atoms with Gasteiger partial charge in [0.15, 0.2) is 0 Å². The molecule has 0 bridgehead atoms. The van der Waals surface area contributed by atoms with E-state index in [-0.39, 0.29) is 11.9 Å². The molecule has 4 aromatic rings. The van der Waals surface area contributed by atoms with E-state index in [9.17, 15) is 4.79 Å². The van der Waals surface area contributed by atoms with Crippen LogP contribution in [0.25, 0.3) is 11.0 Å². The zero-order valence-electron chi connectivity index (χ0n) is 18.5. The molecule has 32 heavy (non-hydrogen) atoms. The zero-order chi connectivity index (χ0) is 22.3. The lowest BCUT2D eigenvalue weighted by atomic mass is 10.2. The van der Waals surface area contributed by atoms with Gasteiger partial charge in [-0.05, 0) is 68.7 Å². The maximum absolute atomic E-state index is 12.6. The second-order valence-electron chi connectivity index (χ2n) is 7.92. The quantitative estimate of drug-likeness (QED) is 0.377. The largest absolute Gasteiger partial charge is 0.494 e. The number of ether oxygens (including phenoxy) is 1. The summed E-state index contributed by atoms with van der Waals surface area (Å²) in [4.78, 5) is 21.5. The van der Waals surface area contributed by atoms with Crippen LogP contribution in [0, 0.1) is 6.92 Å². The number of nitrogens with zero attached hydrogens (tertiary/aromatic N) is 3. The summed E-state index contributed by atoms with van der Waals surface area (Å²) < 4.78 is 8.09. The Hall–Kier alpha value is -3.67. The van der Waals surface area contributed by atoms with Crippen molar-refractivity contribution in [3.63, 3.8) is 0 Å². The van der Waals surface area contributed by atoms with Crippen molar-refractivity contribution >= 4 is 16.9 Å². The van der Waals surface area contributed by atoms with Crippen molar-refractivity contribution in [3.8, 4) is 5.75 Å². The van der Waals surface area contributed by atoms with Gasteiger partial charge in [-0.1, -0.05) is 24.3 Å². The molecule has 0 aliphatic carbocycles. The molecule has 0 saturated heterocycles. The van der Waals surface area contributed by atoms with Gasteiger partial charge in [0.25, 0.3) is 5.91 Å². The number of para-hydroxylation sites is 2. The lowest BCUT2D eigenvalue weighted by Crippen LogP contribution is -2.28. The molecule has 6 heteroatoms. The summed E-state index contributed by atoms with van der Waals surface area (Å²) in [7, 11) is 0. The Morgan fingerprint density at radius 3 is 2.78 bits per heavy atom. The third kappa shape index (κ3) is 5.14. The van der Waals surface area contributed by atoms with E-state index in [1.54, 1.807) is 24.5 Å². The molecule has 0 radical (unpaired) electrons. The first-order chi connectivity index (χ1) is 15.6. The number of nitrogens with one attached hydrogen (secondary N) is 1. The predicted molar refractivity (Wildman–Crippen MR) is 126 cm³/mol. The van der Waals surface area contributed by atoms with E-state index in [1.807, 2.05) is 43.3 Å². The summed E-state index contributed by atoms with van der Waals surface area (Å²) in [5.74, 6) is 1.60. The van der Waals surface area contributed by atoms with Gasteiger partial charge in [0.1, 0.15) is 11.6 Å². The normalized spacial score (nSPS) is 11.9. The van der Waals surface area contributed by atoms with Crippen LogP contribution in [0.15, 0.2) is 73.1 Å². The molecule has 6 nitrogen and oxygen atoms in total. The summed E-state index contributed by atoms with van der Waals surface area (Å²) >= 11 is 0. The molecule has 0 fully saturated rings. The van der Waals surface area contributed by atoms with E-state index >= 15 is 0 Å². The number of unbranched alkanes of at least 4 members (excludes halogenated alkanes) is 1. The van der Waals surface area contributed by atoms with Crippen LogP contribution in [0.4, 0.5) is 0 Å². The van der Waals surface area contributed by atoms with Crippen LogP contribution in [0.1, 0.15) is 47.6 Å². The first-order valence-electron chi connectivity index (χ1n) is 11.0. The lowest BCUT2D eigenvalue weighted by molar-refractivity contribution is 0.0937. The highest BCUT2D eigenvalue weighted by atomic mass is 16.5. The molecular weight excluding hydrogens is 400 g/mol. The van der Waals surface area contributed by atoms with E-state index in [0.717, 1.165) is 42.0 Å².